The minimum atomic E-state index is -1.01. The number of tetrazole rings is 1. The average molecular weight is 836 g/mol. The third kappa shape index (κ3) is 10.1. The molecule has 0 radical (unpaired) electrons. The van der Waals surface area contributed by atoms with Crippen molar-refractivity contribution in [3.05, 3.63) is 198 Å². The zero-order valence-electron chi connectivity index (χ0n) is 34.0. The van der Waals surface area contributed by atoms with Crippen LogP contribution in [-0.4, -0.2) is 70.9 Å². The van der Waals surface area contributed by atoms with E-state index in [0.29, 0.717) is 39.4 Å². The van der Waals surface area contributed by atoms with Gasteiger partial charge in [0.15, 0.2) is 0 Å². The molecule has 4 N–H and O–H groups in total. The highest BCUT2D eigenvalue weighted by Gasteiger charge is 2.26. The zero-order valence-corrected chi connectivity index (χ0v) is 34.0. The van der Waals surface area contributed by atoms with Crippen LogP contribution >= 0.6 is 0 Å². The summed E-state index contributed by atoms with van der Waals surface area (Å²) in [6, 6.07) is 43.5. The topological polar surface area (TPSA) is 191 Å². The van der Waals surface area contributed by atoms with Gasteiger partial charge in [0, 0.05) is 29.7 Å². The number of carbonyl (C=O) groups is 4. The molecule has 0 spiro atoms. The summed E-state index contributed by atoms with van der Waals surface area (Å²) in [6.07, 6.45) is 5.08. The Hall–Kier alpha value is -8.59. The second-order valence-electron chi connectivity index (χ2n) is 14.6. The molecule has 15 heteroatoms. The molecule has 0 saturated carbocycles. The van der Waals surface area contributed by atoms with E-state index in [9.17, 15) is 19.2 Å². The molecular formula is C48H41N11O4. The van der Waals surface area contributed by atoms with Crippen LogP contribution in [0.4, 0.5) is 11.4 Å². The van der Waals surface area contributed by atoms with E-state index >= 15 is 0 Å². The highest BCUT2D eigenvalue weighted by molar-refractivity contribution is 6.03. The fourth-order valence-corrected chi connectivity index (χ4v) is 7.10. The number of hydrogen-bond acceptors (Lipinski definition) is 9. The lowest BCUT2D eigenvalue weighted by atomic mass is 9.96. The largest absolute Gasteiger partial charge is 0.340 e. The van der Waals surface area contributed by atoms with Crippen molar-refractivity contribution in [2.45, 2.75) is 31.8 Å². The first-order valence-electron chi connectivity index (χ1n) is 20.1. The maximum Gasteiger partial charge on any atom is 0.251 e. The second kappa shape index (κ2) is 19.2. The van der Waals surface area contributed by atoms with Crippen LogP contribution in [0.15, 0.2) is 170 Å². The predicted molar refractivity (Wildman–Crippen MR) is 237 cm³/mol. The van der Waals surface area contributed by atoms with E-state index in [1.54, 1.807) is 89.9 Å². The third-order valence-electron chi connectivity index (χ3n) is 10.4. The van der Waals surface area contributed by atoms with Gasteiger partial charge < -0.3 is 21.3 Å². The van der Waals surface area contributed by atoms with Gasteiger partial charge in [0.2, 0.25) is 11.8 Å². The second-order valence-corrected chi connectivity index (χ2v) is 14.6. The quantitative estimate of drug-likeness (QED) is 0.0935. The fraction of sp³-hybridized carbons (Fsp3) is 0.104. The molecule has 8 aromatic rings. The standard InChI is InChI=1S/C48H41N11O4/c1-32-40(52-48(63)41(27-33-14-5-2-6-15-33)53-45(60)35-17-7-3-8-18-35)29-38(30-44(32)58-25-24-49-56-58)37-21-13-16-34(26-37)28-42(54-46(61)36-19-9-4-10-20-36)47(62)51-39-22-11-12-23-43(39)59-31-50-55-57-59/h2-26,29-31,41-42H,27-28H2,1H3,(H,51,62)(H,52,63)(H,53,60)(H,54,61). The van der Waals surface area contributed by atoms with Gasteiger partial charge in [-0.3, -0.25) is 19.2 Å². The number of hydrogen-bond donors (Lipinski definition) is 4. The summed E-state index contributed by atoms with van der Waals surface area (Å²) >= 11 is 0. The van der Waals surface area contributed by atoms with E-state index in [1.807, 2.05) is 85.8 Å². The van der Waals surface area contributed by atoms with Crippen molar-refractivity contribution in [1.29, 1.82) is 0 Å². The van der Waals surface area contributed by atoms with Gasteiger partial charge in [-0.15, -0.1) is 10.2 Å². The number of amides is 4. The number of rotatable bonds is 15. The van der Waals surface area contributed by atoms with Crippen LogP contribution in [0.5, 0.6) is 0 Å². The number of aromatic nitrogens is 7. The van der Waals surface area contributed by atoms with Gasteiger partial charge in [0.25, 0.3) is 11.8 Å². The van der Waals surface area contributed by atoms with Gasteiger partial charge in [-0.2, -0.15) is 4.68 Å². The Morgan fingerprint density at radius 2 is 1.13 bits per heavy atom. The van der Waals surface area contributed by atoms with Crippen molar-refractivity contribution < 1.29 is 19.2 Å². The molecule has 0 aliphatic heterocycles. The first-order valence-corrected chi connectivity index (χ1v) is 20.1. The molecule has 6 aromatic carbocycles. The van der Waals surface area contributed by atoms with Gasteiger partial charge in [-0.25, -0.2) is 4.68 Å². The summed E-state index contributed by atoms with van der Waals surface area (Å²) in [4.78, 5) is 55.4. The third-order valence-corrected chi connectivity index (χ3v) is 10.4. The first kappa shape index (κ1) is 41.2. The molecular weight excluding hydrogens is 795 g/mol. The number of nitrogens with zero attached hydrogens (tertiary/aromatic N) is 7. The number of anilines is 2. The van der Waals surface area contributed by atoms with Gasteiger partial charge in [0.05, 0.1) is 29.5 Å². The van der Waals surface area contributed by atoms with E-state index in [-0.39, 0.29) is 18.7 Å². The monoisotopic (exact) mass is 835 g/mol. The summed E-state index contributed by atoms with van der Waals surface area (Å²) in [5.74, 6) is -1.65. The normalized spacial score (nSPS) is 11.8. The van der Waals surface area contributed by atoms with E-state index in [0.717, 1.165) is 22.3 Å². The van der Waals surface area contributed by atoms with Gasteiger partial charge in [0.1, 0.15) is 18.4 Å². The van der Waals surface area contributed by atoms with Crippen molar-refractivity contribution in [3.63, 3.8) is 0 Å². The highest BCUT2D eigenvalue weighted by atomic mass is 16.2. The molecule has 2 aromatic heterocycles. The molecule has 0 aliphatic carbocycles. The van der Waals surface area contributed by atoms with Gasteiger partial charge in [-0.1, -0.05) is 108 Å². The Bertz CT molecular complexity index is 2840. The number of benzene rings is 6. The van der Waals surface area contributed by atoms with Crippen molar-refractivity contribution >= 4 is 35.0 Å². The maximum absolute atomic E-state index is 14.3. The first-order chi connectivity index (χ1) is 30.8. The summed E-state index contributed by atoms with van der Waals surface area (Å²) in [5, 5.41) is 31.7. The van der Waals surface area contributed by atoms with Crippen molar-refractivity contribution in [1.82, 2.24) is 45.8 Å². The summed E-state index contributed by atoms with van der Waals surface area (Å²) in [6.45, 7) is 1.87. The Morgan fingerprint density at radius 3 is 1.75 bits per heavy atom. The Kier molecular flexibility index (Phi) is 12.5. The number of nitrogens with one attached hydrogen (secondary N) is 4. The van der Waals surface area contributed by atoms with Gasteiger partial charge >= 0.3 is 0 Å². The van der Waals surface area contributed by atoms with Crippen molar-refractivity contribution in [3.8, 4) is 22.5 Å². The van der Waals surface area contributed by atoms with Crippen LogP contribution in [-0.2, 0) is 22.4 Å². The lowest BCUT2D eigenvalue weighted by Crippen LogP contribution is -2.45. The molecule has 0 bridgehead atoms. The molecule has 2 unspecified atom stereocenters. The van der Waals surface area contributed by atoms with Crippen LogP contribution in [0.3, 0.4) is 0 Å². The van der Waals surface area contributed by atoms with Gasteiger partial charge in [-0.05, 0) is 93.7 Å². The lowest BCUT2D eigenvalue weighted by Gasteiger charge is -2.21. The molecule has 0 fully saturated rings. The molecule has 15 nitrogen and oxygen atoms in total. The van der Waals surface area contributed by atoms with E-state index in [2.05, 4.69) is 47.1 Å². The Balaban J connectivity index is 1.10. The molecule has 0 aliphatic rings. The summed E-state index contributed by atoms with van der Waals surface area (Å²) in [7, 11) is 0. The number of carbonyl (C=O) groups excluding carboxylic acids is 4. The summed E-state index contributed by atoms with van der Waals surface area (Å²) < 4.78 is 3.05. The highest BCUT2D eigenvalue weighted by Crippen LogP contribution is 2.32. The smallest absolute Gasteiger partial charge is 0.251 e. The average Bonchev–Trinajstić information content (AvgIpc) is 4.07. The molecule has 2 heterocycles. The molecule has 0 saturated heterocycles. The summed E-state index contributed by atoms with van der Waals surface area (Å²) in [5.41, 5.74) is 6.80. The van der Waals surface area contributed by atoms with Crippen LogP contribution in [0, 0.1) is 6.92 Å². The zero-order chi connectivity index (χ0) is 43.5. The van der Waals surface area contributed by atoms with E-state index < -0.39 is 29.8 Å². The van der Waals surface area contributed by atoms with Crippen molar-refractivity contribution in [2.75, 3.05) is 10.6 Å². The van der Waals surface area contributed by atoms with Crippen LogP contribution in [0.1, 0.15) is 37.4 Å². The van der Waals surface area contributed by atoms with Crippen molar-refractivity contribution in [2.24, 2.45) is 0 Å². The SMILES string of the molecule is Cc1c(NC(=O)C(Cc2ccccc2)NC(=O)c2ccccc2)cc(-c2cccc(CC(NC(=O)c3ccccc3)C(=O)Nc3ccccc3-n3cnnn3)c2)cc1-n1ccnn1. The Labute approximate surface area is 362 Å². The molecule has 63 heavy (non-hydrogen) atoms. The maximum atomic E-state index is 14.3. The molecule has 2 atom stereocenters. The molecule has 312 valence electrons. The molecule has 8 rings (SSSR count). The number of para-hydroxylation sites is 2. The lowest BCUT2D eigenvalue weighted by molar-refractivity contribution is -0.118. The van der Waals surface area contributed by atoms with E-state index in [1.165, 1.54) is 11.0 Å². The van der Waals surface area contributed by atoms with E-state index in [4.69, 9.17) is 0 Å². The fourth-order valence-electron chi connectivity index (χ4n) is 7.10. The van der Waals surface area contributed by atoms with Crippen LogP contribution in [0.25, 0.3) is 22.5 Å². The minimum absolute atomic E-state index is 0.124. The predicted octanol–water partition coefficient (Wildman–Crippen LogP) is 6.18. The van der Waals surface area contributed by atoms with Crippen LogP contribution in [0.2, 0.25) is 0 Å². The minimum Gasteiger partial charge on any atom is -0.340 e. The molecule has 4 amide bonds. The Morgan fingerprint density at radius 1 is 0.540 bits per heavy atom. The van der Waals surface area contributed by atoms with Crippen LogP contribution < -0.4 is 21.3 Å².